The standard InChI is InChI=1S/C13H14N4O3S2/c1-9-3-5-11(6-4-9)22(19,20)12(7-14)8-17(13(15)21)16-10(2)18/h3-6,8H,1-2H3,(H2,15,21)(H,16,18)/b12-8+. The lowest BCUT2D eigenvalue weighted by Gasteiger charge is -2.18. The Hall–Kier alpha value is -2.44. The van der Waals surface area contributed by atoms with Crippen molar-refractivity contribution in [3.63, 3.8) is 0 Å². The van der Waals surface area contributed by atoms with Crippen LogP contribution in [0.1, 0.15) is 12.5 Å². The molecule has 1 aromatic carbocycles. The fraction of sp³-hybridized carbons (Fsp3) is 0.154. The van der Waals surface area contributed by atoms with Gasteiger partial charge in [-0.1, -0.05) is 17.7 Å². The molecule has 0 aliphatic rings. The summed E-state index contributed by atoms with van der Waals surface area (Å²) in [6.45, 7) is 3.00. The molecular weight excluding hydrogens is 324 g/mol. The maximum atomic E-state index is 12.4. The van der Waals surface area contributed by atoms with E-state index < -0.39 is 20.6 Å². The number of carbonyl (C=O) groups excluding carboxylic acids is 1. The summed E-state index contributed by atoms with van der Waals surface area (Å²) in [5, 5.41) is 9.63. The third-order valence-electron chi connectivity index (χ3n) is 2.49. The molecule has 0 saturated carbocycles. The van der Waals surface area contributed by atoms with E-state index in [1.807, 2.05) is 6.92 Å². The molecule has 0 bridgehead atoms. The number of nitriles is 1. The first kappa shape index (κ1) is 17.6. The summed E-state index contributed by atoms with van der Waals surface area (Å²) in [4.78, 5) is 10.4. The summed E-state index contributed by atoms with van der Waals surface area (Å²) in [5.41, 5.74) is 8.48. The molecule has 0 heterocycles. The van der Waals surface area contributed by atoms with Crippen LogP contribution < -0.4 is 11.2 Å². The Morgan fingerprint density at radius 1 is 1.41 bits per heavy atom. The molecule has 0 aliphatic heterocycles. The number of benzene rings is 1. The zero-order valence-electron chi connectivity index (χ0n) is 11.9. The average molecular weight is 338 g/mol. The minimum Gasteiger partial charge on any atom is -0.374 e. The van der Waals surface area contributed by atoms with Gasteiger partial charge in [0.25, 0.3) is 0 Å². The van der Waals surface area contributed by atoms with Crippen LogP contribution in [0.5, 0.6) is 0 Å². The fourth-order valence-corrected chi connectivity index (χ4v) is 2.65. The van der Waals surface area contributed by atoms with Crippen molar-refractivity contribution in [3.05, 3.63) is 40.9 Å². The molecule has 0 fully saturated rings. The number of nitrogens with two attached hydrogens (primary N) is 1. The van der Waals surface area contributed by atoms with Gasteiger partial charge in [0.15, 0.2) is 10.0 Å². The molecule has 9 heteroatoms. The lowest BCUT2D eigenvalue weighted by atomic mass is 10.2. The largest absolute Gasteiger partial charge is 0.374 e. The first-order chi connectivity index (χ1) is 10.2. The van der Waals surface area contributed by atoms with Crippen LogP contribution in [0.15, 0.2) is 40.3 Å². The number of carbonyl (C=O) groups is 1. The molecule has 1 aromatic rings. The molecule has 22 heavy (non-hydrogen) atoms. The van der Waals surface area contributed by atoms with E-state index in [0.29, 0.717) is 0 Å². The van der Waals surface area contributed by atoms with Gasteiger partial charge in [-0.25, -0.2) is 13.4 Å². The summed E-state index contributed by atoms with van der Waals surface area (Å²) in [6, 6.07) is 7.58. The highest BCUT2D eigenvalue weighted by atomic mass is 32.2. The minimum absolute atomic E-state index is 0.0448. The van der Waals surface area contributed by atoms with E-state index in [1.54, 1.807) is 18.2 Å². The van der Waals surface area contributed by atoms with Crippen LogP contribution in [-0.4, -0.2) is 24.4 Å². The van der Waals surface area contributed by atoms with Crippen LogP contribution in [0.2, 0.25) is 0 Å². The van der Waals surface area contributed by atoms with Crippen LogP contribution in [0.25, 0.3) is 0 Å². The fourth-order valence-electron chi connectivity index (χ4n) is 1.44. The molecule has 0 unspecified atom stereocenters. The van der Waals surface area contributed by atoms with Gasteiger partial charge < -0.3 is 5.73 Å². The Bertz CT molecular complexity index is 761. The number of thiocarbonyl (C=S) groups is 1. The molecule has 1 amide bonds. The first-order valence-electron chi connectivity index (χ1n) is 5.98. The lowest BCUT2D eigenvalue weighted by molar-refractivity contribution is -0.121. The Kier molecular flexibility index (Phi) is 5.62. The van der Waals surface area contributed by atoms with Crippen molar-refractivity contribution in [1.82, 2.24) is 10.4 Å². The zero-order valence-corrected chi connectivity index (χ0v) is 13.5. The number of hydrogen-bond donors (Lipinski definition) is 2. The Morgan fingerprint density at radius 2 is 1.95 bits per heavy atom. The van der Waals surface area contributed by atoms with Gasteiger partial charge in [0.2, 0.25) is 15.7 Å². The van der Waals surface area contributed by atoms with Gasteiger partial charge in [0.1, 0.15) is 6.07 Å². The highest BCUT2D eigenvalue weighted by Gasteiger charge is 2.22. The van der Waals surface area contributed by atoms with Gasteiger partial charge in [-0.3, -0.25) is 10.2 Å². The number of nitrogens with one attached hydrogen (secondary N) is 1. The van der Waals surface area contributed by atoms with Crippen molar-refractivity contribution in [3.8, 4) is 6.07 Å². The number of nitrogens with zero attached hydrogens (tertiary/aromatic N) is 2. The normalized spacial score (nSPS) is 11.4. The molecule has 0 atom stereocenters. The quantitative estimate of drug-likeness (QED) is 0.474. The van der Waals surface area contributed by atoms with Crippen LogP contribution in [0.3, 0.4) is 0 Å². The van der Waals surface area contributed by atoms with E-state index in [9.17, 15) is 13.2 Å². The van der Waals surface area contributed by atoms with Crippen LogP contribution >= 0.6 is 12.2 Å². The summed E-state index contributed by atoms with van der Waals surface area (Å²) in [7, 11) is -4.04. The monoisotopic (exact) mass is 338 g/mol. The molecule has 0 radical (unpaired) electrons. The van der Waals surface area contributed by atoms with Crippen LogP contribution in [0.4, 0.5) is 0 Å². The topological polar surface area (TPSA) is 116 Å². The average Bonchev–Trinajstić information content (AvgIpc) is 2.42. The second-order valence-corrected chi connectivity index (χ2v) is 6.63. The highest BCUT2D eigenvalue weighted by molar-refractivity contribution is 7.95. The molecule has 7 nitrogen and oxygen atoms in total. The molecule has 3 N–H and O–H groups in total. The van der Waals surface area contributed by atoms with Crippen molar-refractivity contribution >= 4 is 33.1 Å². The molecule has 0 aliphatic carbocycles. The molecular formula is C13H14N4O3S2. The molecule has 116 valence electrons. The van der Waals surface area contributed by atoms with E-state index in [0.717, 1.165) is 16.8 Å². The molecule has 1 rings (SSSR count). The number of hydrogen-bond acceptors (Lipinski definition) is 5. The van der Waals surface area contributed by atoms with Gasteiger partial charge in [0, 0.05) is 6.92 Å². The van der Waals surface area contributed by atoms with Gasteiger partial charge in [-0.05, 0) is 31.3 Å². The third-order valence-corrected chi connectivity index (χ3v) is 4.36. The number of allylic oxidation sites excluding steroid dienone is 1. The number of rotatable bonds is 3. The predicted molar refractivity (Wildman–Crippen MR) is 84.5 cm³/mol. The lowest BCUT2D eigenvalue weighted by Crippen LogP contribution is -2.44. The maximum Gasteiger partial charge on any atom is 0.235 e. The van der Waals surface area contributed by atoms with Crippen molar-refractivity contribution in [2.75, 3.05) is 0 Å². The van der Waals surface area contributed by atoms with Crippen molar-refractivity contribution < 1.29 is 13.2 Å². The summed E-state index contributed by atoms with van der Waals surface area (Å²) >= 11 is 4.70. The van der Waals surface area contributed by atoms with Gasteiger partial charge >= 0.3 is 0 Å². The van der Waals surface area contributed by atoms with E-state index in [4.69, 9.17) is 23.2 Å². The number of aryl methyl sites for hydroxylation is 1. The van der Waals surface area contributed by atoms with Gasteiger partial charge in [-0.15, -0.1) is 0 Å². The molecule has 0 spiro atoms. The van der Waals surface area contributed by atoms with E-state index in [-0.39, 0.29) is 10.0 Å². The summed E-state index contributed by atoms with van der Waals surface area (Å²) in [6.07, 6.45) is 0.874. The van der Waals surface area contributed by atoms with Gasteiger partial charge in [0.05, 0.1) is 11.1 Å². The second kappa shape index (κ2) is 7.02. The molecule has 0 aromatic heterocycles. The predicted octanol–water partition coefficient (Wildman–Crippen LogP) is 0.730. The Labute approximate surface area is 133 Å². The Balaban J connectivity index is 3.31. The number of sulfone groups is 1. The van der Waals surface area contributed by atoms with E-state index in [1.165, 1.54) is 19.1 Å². The van der Waals surface area contributed by atoms with E-state index >= 15 is 0 Å². The second-order valence-electron chi connectivity index (χ2n) is 4.30. The van der Waals surface area contributed by atoms with Crippen molar-refractivity contribution in [2.24, 2.45) is 5.73 Å². The number of amides is 1. The third kappa shape index (κ3) is 4.28. The Morgan fingerprint density at radius 3 is 2.36 bits per heavy atom. The summed E-state index contributed by atoms with van der Waals surface area (Å²) < 4.78 is 24.8. The summed E-state index contributed by atoms with van der Waals surface area (Å²) in [5.74, 6) is -0.519. The number of hydrazine groups is 1. The van der Waals surface area contributed by atoms with Gasteiger partial charge in [-0.2, -0.15) is 5.26 Å². The highest BCUT2D eigenvalue weighted by Crippen LogP contribution is 2.19. The van der Waals surface area contributed by atoms with Crippen LogP contribution in [0, 0.1) is 18.3 Å². The van der Waals surface area contributed by atoms with Crippen LogP contribution in [-0.2, 0) is 14.6 Å². The minimum atomic E-state index is -4.04. The maximum absolute atomic E-state index is 12.4. The SMILES string of the molecule is CC(=O)NN(/C=C(\C#N)S(=O)(=O)c1ccc(C)cc1)C(N)=S. The van der Waals surface area contributed by atoms with Crippen molar-refractivity contribution in [1.29, 1.82) is 5.26 Å². The first-order valence-corrected chi connectivity index (χ1v) is 7.87. The van der Waals surface area contributed by atoms with E-state index in [2.05, 4.69) is 5.43 Å². The van der Waals surface area contributed by atoms with Crippen molar-refractivity contribution in [2.45, 2.75) is 18.7 Å². The smallest absolute Gasteiger partial charge is 0.235 e. The zero-order chi connectivity index (χ0) is 16.9. The molecule has 0 saturated heterocycles.